The van der Waals surface area contributed by atoms with Gasteiger partial charge in [0.05, 0.1) is 13.2 Å². The van der Waals surface area contributed by atoms with E-state index in [4.69, 9.17) is 9.47 Å². The molecule has 0 saturated carbocycles. The summed E-state index contributed by atoms with van der Waals surface area (Å²) in [6.07, 6.45) is -5.33. The smallest absolute Gasteiger partial charge is 0.412 e. The summed E-state index contributed by atoms with van der Waals surface area (Å²) in [6.45, 7) is 3.93. The van der Waals surface area contributed by atoms with Crippen LogP contribution in [-0.4, -0.2) is 74.8 Å². The first-order valence-electron chi connectivity index (χ1n) is 8.30. The van der Waals surface area contributed by atoms with Crippen LogP contribution in [0.25, 0.3) is 0 Å². The molecular formula is C16H26F3N3O3. The Balaban J connectivity index is 2.40. The number of hydrogen-bond acceptors (Lipinski definition) is 6. The molecule has 4 atom stereocenters. The number of nitrogens with zero attached hydrogens (tertiary/aromatic N) is 2. The van der Waals surface area contributed by atoms with Crippen LogP contribution in [0.3, 0.4) is 0 Å². The number of hydrazine groups is 1. The number of alkyl halides is 3. The summed E-state index contributed by atoms with van der Waals surface area (Å²) in [7, 11) is 4.66. The Hall–Kier alpha value is -1.16. The molecule has 4 unspecified atom stereocenters. The summed E-state index contributed by atoms with van der Waals surface area (Å²) in [6, 6.07) is -1.16. The van der Waals surface area contributed by atoms with E-state index >= 15 is 0 Å². The third-order valence-corrected chi connectivity index (χ3v) is 5.11. The molecule has 6 nitrogen and oxygen atoms in total. The molecule has 0 bridgehead atoms. The van der Waals surface area contributed by atoms with Crippen molar-refractivity contribution in [2.24, 2.45) is 5.92 Å². The van der Waals surface area contributed by atoms with Crippen molar-refractivity contribution in [2.75, 3.05) is 34.4 Å². The fraction of sp³-hybridized carbons (Fsp3) is 0.812. The van der Waals surface area contributed by atoms with Crippen LogP contribution in [0.4, 0.5) is 13.2 Å². The van der Waals surface area contributed by atoms with E-state index in [0.717, 1.165) is 0 Å². The molecule has 2 heterocycles. The molecular weight excluding hydrogens is 339 g/mol. The van der Waals surface area contributed by atoms with E-state index in [0.29, 0.717) is 6.61 Å². The van der Waals surface area contributed by atoms with Gasteiger partial charge in [-0.1, -0.05) is 6.92 Å². The maximum atomic E-state index is 13.7. The van der Waals surface area contributed by atoms with Gasteiger partial charge in [0.1, 0.15) is 12.3 Å². The number of nitrogens with one attached hydrogen (secondary N) is 1. The Morgan fingerprint density at radius 1 is 1.32 bits per heavy atom. The monoisotopic (exact) mass is 365 g/mol. The zero-order valence-electron chi connectivity index (χ0n) is 15.2. The highest BCUT2D eigenvalue weighted by atomic mass is 19.4. The van der Waals surface area contributed by atoms with Crippen LogP contribution in [-0.2, 0) is 14.3 Å². The Bertz CT molecular complexity index is 538. The van der Waals surface area contributed by atoms with Crippen LogP contribution in [0.5, 0.6) is 0 Å². The van der Waals surface area contributed by atoms with Crippen molar-refractivity contribution in [3.8, 4) is 0 Å². The summed E-state index contributed by atoms with van der Waals surface area (Å²) >= 11 is 0. The number of likely N-dealkylation sites (N-methyl/N-ethyl adjacent to an activating group) is 2. The Morgan fingerprint density at radius 3 is 2.48 bits per heavy atom. The molecule has 0 radical (unpaired) electrons. The van der Waals surface area contributed by atoms with E-state index in [9.17, 15) is 18.0 Å². The minimum absolute atomic E-state index is 0.0700. The van der Waals surface area contributed by atoms with E-state index in [-0.39, 0.29) is 24.5 Å². The van der Waals surface area contributed by atoms with Gasteiger partial charge in [0.2, 0.25) is 0 Å². The Labute approximate surface area is 145 Å². The highest BCUT2D eigenvalue weighted by Gasteiger charge is 2.51. The predicted molar refractivity (Wildman–Crippen MR) is 85.4 cm³/mol. The largest absolute Gasteiger partial charge is 0.468 e. The van der Waals surface area contributed by atoms with Gasteiger partial charge in [-0.3, -0.25) is 10.1 Å². The molecule has 1 N–H and O–H groups in total. The van der Waals surface area contributed by atoms with Gasteiger partial charge < -0.3 is 9.47 Å². The Morgan fingerprint density at radius 2 is 1.96 bits per heavy atom. The lowest BCUT2D eigenvalue weighted by molar-refractivity contribution is -0.149. The Kier molecular flexibility index (Phi) is 6.13. The van der Waals surface area contributed by atoms with Crippen molar-refractivity contribution in [1.29, 1.82) is 0 Å². The zero-order chi connectivity index (χ0) is 18.9. The van der Waals surface area contributed by atoms with Gasteiger partial charge in [-0.2, -0.15) is 13.2 Å². The average Bonchev–Trinajstić information content (AvgIpc) is 2.76. The minimum Gasteiger partial charge on any atom is -0.468 e. The normalized spacial score (nSPS) is 32.3. The number of methoxy groups -OCH3 is 1. The lowest BCUT2D eigenvalue weighted by atomic mass is 9.85. The first-order chi connectivity index (χ1) is 11.6. The summed E-state index contributed by atoms with van der Waals surface area (Å²) in [4.78, 5) is 12.1. The molecule has 0 spiro atoms. The van der Waals surface area contributed by atoms with Gasteiger partial charge in [0.15, 0.2) is 0 Å². The van der Waals surface area contributed by atoms with Crippen molar-refractivity contribution in [3.05, 3.63) is 11.1 Å². The van der Waals surface area contributed by atoms with Gasteiger partial charge in [0.25, 0.3) is 0 Å². The number of ether oxygens (including phenoxy) is 2. The van der Waals surface area contributed by atoms with Crippen molar-refractivity contribution in [3.63, 3.8) is 0 Å². The maximum Gasteiger partial charge on any atom is 0.412 e. The summed E-state index contributed by atoms with van der Waals surface area (Å²) in [5.41, 5.74) is -0.302. The van der Waals surface area contributed by atoms with E-state index < -0.39 is 36.0 Å². The molecule has 0 aromatic rings. The molecule has 1 fully saturated rings. The molecule has 0 amide bonds. The number of rotatable bonds is 4. The van der Waals surface area contributed by atoms with Crippen LogP contribution < -0.4 is 5.32 Å². The lowest BCUT2D eigenvalue weighted by Gasteiger charge is -2.35. The van der Waals surface area contributed by atoms with Crippen molar-refractivity contribution >= 4 is 5.97 Å². The minimum atomic E-state index is -4.44. The standard InChI is InChI=1S/C16H26F3N3O3/c1-6-25-12-7-11(16(17,18)19)10(8-20-12)13-9(2)14(15(23)24-5)22(4)21(13)3/h9,12-14,20H,6-8H2,1-5H3. The highest BCUT2D eigenvalue weighted by molar-refractivity contribution is 5.76. The highest BCUT2D eigenvalue weighted by Crippen LogP contribution is 2.41. The number of hydrogen-bond donors (Lipinski definition) is 1. The van der Waals surface area contributed by atoms with Crippen molar-refractivity contribution < 1.29 is 27.4 Å². The molecule has 9 heteroatoms. The quantitative estimate of drug-likeness (QED) is 0.603. The second kappa shape index (κ2) is 7.61. The summed E-state index contributed by atoms with van der Waals surface area (Å²) < 4.78 is 51.1. The third-order valence-electron chi connectivity index (χ3n) is 5.11. The van der Waals surface area contributed by atoms with Gasteiger partial charge in [0, 0.05) is 45.2 Å². The van der Waals surface area contributed by atoms with E-state index in [1.165, 1.54) is 7.11 Å². The third kappa shape index (κ3) is 3.84. The van der Waals surface area contributed by atoms with E-state index in [1.54, 1.807) is 38.0 Å². The number of halogens is 3. The average molecular weight is 365 g/mol. The van der Waals surface area contributed by atoms with Gasteiger partial charge in [-0.05, 0) is 12.5 Å². The van der Waals surface area contributed by atoms with E-state index in [2.05, 4.69) is 5.32 Å². The molecule has 0 aromatic heterocycles. The van der Waals surface area contributed by atoms with E-state index in [1.807, 2.05) is 0 Å². The first kappa shape index (κ1) is 20.2. The van der Waals surface area contributed by atoms with Crippen molar-refractivity contribution in [1.82, 2.24) is 15.3 Å². The van der Waals surface area contributed by atoms with Crippen LogP contribution in [0, 0.1) is 5.92 Å². The SMILES string of the molecule is CCOC1CC(C(F)(F)F)=C(C2C(C)C(C(=O)OC)N(C)N2C)CN1. The molecule has 25 heavy (non-hydrogen) atoms. The second-order valence-electron chi connectivity index (χ2n) is 6.45. The molecule has 2 rings (SSSR count). The second-order valence-corrected chi connectivity index (χ2v) is 6.45. The van der Waals surface area contributed by atoms with Gasteiger partial charge in [-0.15, -0.1) is 0 Å². The van der Waals surface area contributed by atoms with Crippen LogP contribution >= 0.6 is 0 Å². The zero-order valence-corrected chi connectivity index (χ0v) is 15.2. The molecule has 0 aliphatic carbocycles. The first-order valence-corrected chi connectivity index (χ1v) is 8.30. The van der Waals surface area contributed by atoms with Crippen LogP contribution in [0.1, 0.15) is 20.3 Å². The maximum absolute atomic E-state index is 13.7. The molecule has 1 saturated heterocycles. The molecule has 144 valence electrons. The molecule has 2 aliphatic heterocycles. The fourth-order valence-electron chi connectivity index (χ4n) is 3.90. The molecule has 2 aliphatic rings. The summed E-state index contributed by atoms with van der Waals surface area (Å²) in [5, 5.41) is 6.36. The number of carbonyl (C=O) groups is 1. The summed E-state index contributed by atoms with van der Waals surface area (Å²) in [5.74, 6) is -0.797. The fourth-order valence-corrected chi connectivity index (χ4v) is 3.90. The topological polar surface area (TPSA) is 54.0 Å². The van der Waals surface area contributed by atoms with Crippen LogP contribution in [0.15, 0.2) is 11.1 Å². The lowest BCUT2D eigenvalue weighted by Crippen LogP contribution is -2.47. The molecule has 0 aromatic carbocycles. The predicted octanol–water partition coefficient (Wildman–Crippen LogP) is 1.54. The van der Waals surface area contributed by atoms with Gasteiger partial charge >= 0.3 is 12.1 Å². The van der Waals surface area contributed by atoms with Gasteiger partial charge in [-0.25, -0.2) is 10.0 Å². The number of esters is 1. The van der Waals surface area contributed by atoms with Crippen LogP contribution in [0.2, 0.25) is 0 Å². The number of carbonyl (C=O) groups excluding carboxylic acids is 1. The van der Waals surface area contributed by atoms with Crippen molar-refractivity contribution in [2.45, 2.75) is 44.8 Å².